The van der Waals surface area contributed by atoms with Crippen LogP contribution in [0.2, 0.25) is 32.0 Å². The van der Waals surface area contributed by atoms with Gasteiger partial charge in [-0.3, -0.25) is 0 Å². The van der Waals surface area contributed by atoms with Crippen LogP contribution in [-0.2, 0) is 11.1 Å². The molecule has 1 unspecified atom stereocenters. The van der Waals surface area contributed by atoms with Crippen LogP contribution in [0.25, 0.3) is 0 Å². The number of hydrogen-bond acceptors (Lipinski definition) is 3. The van der Waals surface area contributed by atoms with E-state index in [9.17, 15) is 5.02 Å². The Labute approximate surface area is 188 Å². The summed E-state index contributed by atoms with van der Waals surface area (Å²) >= 11 is 0. The number of aryl methyl sites for hydroxylation is 2. The van der Waals surface area contributed by atoms with Gasteiger partial charge in [-0.15, -0.1) is 0 Å². The van der Waals surface area contributed by atoms with Gasteiger partial charge in [0.05, 0.1) is 0 Å². The molecule has 0 saturated heterocycles. The maximum absolute atomic E-state index is 9.78. The molecule has 1 rings (SSSR count). The molecule has 1 aromatic carbocycles. The molecule has 0 aromatic heterocycles. The molecule has 172 valence electrons. The van der Waals surface area contributed by atoms with Crippen LogP contribution < -0.4 is 5.73 Å². The molecule has 0 aliphatic carbocycles. The van der Waals surface area contributed by atoms with Crippen molar-refractivity contribution < 1.29 is 9.68 Å². The van der Waals surface area contributed by atoms with Crippen molar-refractivity contribution in [2.24, 2.45) is 5.73 Å². The standard InChI is InChI=1S/C25H48BNO2Si/c1-6-29-26(28)21-11-9-19-25(27,20-10-12-22-30(3,4)5)18-8-7-13-24-16-14-23(2)15-17-24/h14-17,28H,6-13,18-22,27H2,1-5H3. The summed E-state index contributed by atoms with van der Waals surface area (Å²) < 4.78 is 5.24. The second-order valence-corrected chi connectivity index (χ2v) is 16.1. The zero-order valence-electron chi connectivity index (χ0n) is 20.5. The molecule has 5 heteroatoms. The lowest BCUT2D eigenvalue weighted by Crippen LogP contribution is -2.40. The number of nitrogens with two attached hydrogens (primary N) is 1. The summed E-state index contributed by atoms with van der Waals surface area (Å²) in [6.45, 7) is 12.0. The molecular weight excluding hydrogens is 385 g/mol. The van der Waals surface area contributed by atoms with Gasteiger partial charge in [-0.05, 0) is 57.8 Å². The third-order valence-corrected chi connectivity index (χ3v) is 7.95. The summed E-state index contributed by atoms with van der Waals surface area (Å²) in [5.41, 5.74) is 9.65. The Morgan fingerprint density at radius 1 is 0.933 bits per heavy atom. The van der Waals surface area contributed by atoms with Crippen LogP contribution in [0.15, 0.2) is 24.3 Å². The lowest BCUT2D eigenvalue weighted by Gasteiger charge is -2.30. The summed E-state index contributed by atoms with van der Waals surface area (Å²) in [6.07, 6.45) is 12.2. The highest BCUT2D eigenvalue weighted by atomic mass is 28.3. The summed E-state index contributed by atoms with van der Waals surface area (Å²) in [5.74, 6) is 0. The van der Waals surface area contributed by atoms with Crippen molar-refractivity contribution in [3.05, 3.63) is 35.4 Å². The van der Waals surface area contributed by atoms with Gasteiger partial charge < -0.3 is 15.4 Å². The minimum atomic E-state index is -0.961. The number of unbranched alkanes of at least 4 members (excludes halogenated alkanes) is 3. The highest BCUT2D eigenvalue weighted by Crippen LogP contribution is 2.27. The smallest absolute Gasteiger partial charge is 0.427 e. The second-order valence-electron chi connectivity index (χ2n) is 10.5. The Morgan fingerprint density at radius 3 is 2.07 bits per heavy atom. The maximum Gasteiger partial charge on any atom is 0.454 e. The number of rotatable bonds is 17. The lowest BCUT2D eigenvalue weighted by atomic mass is 9.79. The van der Waals surface area contributed by atoms with Crippen molar-refractivity contribution in [1.29, 1.82) is 0 Å². The first-order valence-electron chi connectivity index (χ1n) is 12.3. The molecule has 0 aliphatic heterocycles. The highest BCUT2D eigenvalue weighted by Gasteiger charge is 2.24. The third kappa shape index (κ3) is 13.6. The van der Waals surface area contributed by atoms with Gasteiger partial charge in [0, 0.05) is 20.2 Å². The Balaban J connectivity index is 2.43. The van der Waals surface area contributed by atoms with E-state index in [1.165, 1.54) is 42.9 Å². The average Bonchev–Trinajstić information content (AvgIpc) is 2.67. The van der Waals surface area contributed by atoms with E-state index >= 15 is 0 Å². The SMILES string of the molecule is CCOB(O)CCCCC(N)(CCCCc1ccc(C)cc1)CCCC[Si](C)(C)C. The summed E-state index contributed by atoms with van der Waals surface area (Å²) in [6, 6.07) is 10.3. The predicted octanol–water partition coefficient (Wildman–Crippen LogP) is 6.60. The maximum atomic E-state index is 9.78. The van der Waals surface area contributed by atoms with E-state index in [1.807, 2.05) is 6.92 Å². The van der Waals surface area contributed by atoms with Gasteiger partial charge >= 0.3 is 7.12 Å². The zero-order chi connectivity index (χ0) is 22.5. The Morgan fingerprint density at radius 2 is 1.50 bits per heavy atom. The second kappa shape index (κ2) is 14.4. The van der Waals surface area contributed by atoms with E-state index in [0.717, 1.165) is 38.5 Å². The van der Waals surface area contributed by atoms with E-state index in [4.69, 9.17) is 10.4 Å². The first kappa shape index (κ1) is 27.4. The van der Waals surface area contributed by atoms with Crippen molar-refractivity contribution in [3.8, 4) is 0 Å². The quantitative estimate of drug-likeness (QED) is 0.215. The number of benzene rings is 1. The van der Waals surface area contributed by atoms with Gasteiger partial charge in [-0.2, -0.15) is 0 Å². The molecule has 0 spiro atoms. The fourth-order valence-corrected chi connectivity index (χ4v) is 5.45. The van der Waals surface area contributed by atoms with E-state index in [0.29, 0.717) is 12.9 Å². The molecule has 0 heterocycles. The molecule has 1 atom stereocenters. The zero-order valence-corrected chi connectivity index (χ0v) is 21.5. The minimum absolute atomic E-state index is 0.0523. The van der Waals surface area contributed by atoms with Crippen LogP contribution in [0.3, 0.4) is 0 Å². The molecule has 30 heavy (non-hydrogen) atoms. The van der Waals surface area contributed by atoms with Crippen LogP contribution in [0.4, 0.5) is 0 Å². The summed E-state index contributed by atoms with van der Waals surface area (Å²) in [5, 5.41) is 9.78. The molecule has 0 amide bonds. The molecular formula is C25H48BNO2Si. The van der Waals surface area contributed by atoms with Crippen molar-refractivity contribution in [2.75, 3.05) is 6.61 Å². The van der Waals surface area contributed by atoms with E-state index < -0.39 is 15.2 Å². The van der Waals surface area contributed by atoms with Crippen molar-refractivity contribution in [2.45, 2.75) is 116 Å². The molecule has 0 fully saturated rings. The van der Waals surface area contributed by atoms with Gasteiger partial charge in [-0.1, -0.05) is 87.6 Å². The Bertz CT molecular complexity index is 561. The normalized spacial score (nSPS) is 14.0. The van der Waals surface area contributed by atoms with Crippen LogP contribution in [-0.4, -0.2) is 32.4 Å². The van der Waals surface area contributed by atoms with E-state index in [-0.39, 0.29) is 5.54 Å². The van der Waals surface area contributed by atoms with Crippen LogP contribution in [0.1, 0.15) is 75.8 Å². The highest BCUT2D eigenvalue weighted by molar-refractivity contribution is 6.76. The first-order chi connectivity index (χ1) is 14.1. The van der Waals surface area contributed by atoms with Crippen LogP contribution in [0.5, 0.6) is 0 Å². The number of hydrogen-bond donors (Lipinski definition) is 2. The predicted molar refractivity (Wildman–Crippen MR) is 136 cm³/mol. The Hall–Kier alpha value is -0.618. The van der Waals surface area contributed by atoms with Crippen molar-refractivity contribution >= 4 is 15.2 Å². The van der Waals surface area contributed by atoms with Crippen molar-refractivity contribution in [1.82, 2.24) is 0 Å². The Kier molecular flexibility index (Phi) is 13.2. The van der Waals surface area contributed by atoms with Gasteiger partial charge in [-0.25, -0.2) is 0 Å². The van der Waals surface area contributed by atoms with E-state index in [1.54, 1.807) is 0 Å². The molecule has 3 nitrogen and oxygen atoms in total. The van der Waals surface area contributed by atoms with Gasteiger partial charge in [0.25, 0.3) is 0 Å². The first-order valence-corrected chi connectivity index (χ1v) is 16.0. The molecule has 3 N–H and O–H groups in total. The summed E-state index contributed by atoms with van der Waals surface area (Å²) in [7, 11) is -1.58. The average molecular weight is 434 g/mol. The molecule has 0 saturated carbocycles. The lowest BCUT2D eigenvalue weighted by molar-refractivity contribution is 0.270. The van der Waals surface area contributed by atoms with Gasteiger partial charge in [0.2, 0.25) is 0 Å². The topological polar surface area (TPSA) is 55.5 Å². The fraction of sp³-hybridized carbons (Fsp3) is 0.760. The molecule has 0 radical (unpaired) electrons. The molecule has 0 bridgehead atoms. The van der Waals surface area contributed by atoms with Crippen molar-refractivity contribution in [3.63, 3.8) is 0 Å². The molecule has 1 aromatic rings. The minimum Gasteiger partial charge on any atom is -0.427 e. The molecule has 0 aliphatic rings. The summed E-state index contributed by atoms with van der Waals surface area (Å²) in [4.78, 5) is 0. The van der Waals surface area contributed by atoms with E-state index in [2.05, 4.69) is 50.8 Å². The van der Waals surface area contributed by atoms with Gasteiger partial charge in [0.1, 0.15) is 0 Å². The monoisotopic (exact) mass is 433 g/mol. The fourth-order valence-electron chi connectivity index (χ4n) is 4.14. The van der Waals surface area contributed by atoms with Crippen LogP contribution in [0, 0.1) is 6.92 Å². The van der Waals surface area contributed by atoms with Gasteiger partial charge in [0.15, 0.2) is 0 Å². The third-order valence-electron chi connectivity index (χ3n) is 6.10. The largest absolute Gasteiger partial charge is 0.454 e. The van der Waals surface area contributed by atoms with Crippen LogP contribution >= 0.6 is 0 Å².